The number of hydrogen-bond donors (Lipinski definition) is 1. The van der Waals surface area contributed by atoms with Crippen LogP contribution in [0.15, 0.2) is 36.7 Å². The highest BCUT2D eigenvalue weighted by molar-refractivity contribution is 5.25. The molecule has 2 aromatic rings. The summed E-state index contributed by atoms with van der Waals surface area (Å²) in [6.45, 7) is 6.31. The molecule has 2 rings (SSSR count). The van der Waals surface area contributed by atoms with Crippen LogP contribution in [-0.2, 0) is 13.0 Å². The van der Waals surface area contributed by atoms with E-state index in [-0.39, 0.29) is 0 Å². The summed E-state index contributed by atoms with van der Waals surface area (Å²) in [4.78, 5) is 4.36. The fourth-order valence-electron chi connectivity index (χ4n) is 2.37. The van der Waals surface area contributed by atoms with E-state index in [1.54, 1.807) is 0 Å². The molecule has 1 N–H and O–H groups in total. The zero-order chi connectivity index (χ0) is 13.7. The highest BCUT2D eigenvalue weighted by Gasteiger charge is 2.05. The minimum Gasteiger partial charge on any atom is -0.331 e. The lowest BCUT2D eigenvalue weighted by Gasteiger charge is -2.12. The van der Waals surface area contributed by atoms with Gasteiger partial charge in [0.1, 0.15) is 5.82 Å². The first-order valence-electron chi connectivity index (χ1n) is 6.98. The number of imidazole rings is 1. The molecule has 1 aromatic carbocycles. The van der Waals surface area contributed by atoms with E-state index in [0.29, 0.717) is 5.92 Å². The van der Waals surface area contributed by atoms with Gasteiger partial charge in [0.15, 0.2) is 0 Å². The van der Waals surface area contributed by atoms with Crippen LogP contribution in [0.1, 0.15) is 36.7 Å². The van der Waals surface area contributed by atoms with Gasteiger partial charge in [-0.2, -0.15) is 0 Å². The second-order valence-electron chi connectivity index (χ2n) is 5.03. The first-order valence-corrected chi connectivity index (χ1v) is 6.98. The van der Waals surface area contributed by atoms with Crippen molar-refractivity contribution in [2.45, 2.75) is 32.7 Å². The average molecular weight is 257 g/mol. The van der Waals surface area contributed by atoms with Crippen molar-refractivity contribution in [1.82, 2.24) is 14.9 Å². The van der Waals surface area contributed by atoms with Gasteiger partial charge in [0.25, 0.3) is 0 Å². The standard InChI is InChI=1S/C16H23N3/c1-4-16-18-9-10-19(16)12-14-5-7-15(8-6-14)13(2)11-17-3/h5-10,13,17H,4,11-12H2,1-3H3. The molecule has 102 valence electrons. The number of aromatic nitrogens is 2. The minimum atomic E-state index is 0.554. The van der Waals surface area contributed by atoms with Gasteiger partial charge in [-0.15, -0.1) is 0 Å². The first-order chi connectivity index (χ1) is 9.24. The Kier molecular flexibility index (Phi) is 4.74. The van der Waals surface area contributed by atoms with Crippen molar-refractivity contribution < 1.29 is 0 Å². The monoisotopic (exact) mass is 257 g/mol. The fraction of sp³-hybridized carbons (Fsp3) is 0.438. The summed E-state index contributed by atoms with van der Waals surface area (Å²) >= 11 is 0. The van der Waals surface area contributed by atoms with Crippen LogP contribution in [0, 0.1) is 0 Å². The van der Waals surface area contributed by atoms with E-state index in [2.05, 4.69) is 59.2 Å². The topological polar surface area (TPSA) is 29.9 Å². The van der Waals surface area contributed by atoms with Gasteiger partial charge in [0, 0.05) is 31.9 Å². The van der Waals surface area contributed by atoms with Crippen LogP contribution in [0.25, 0.3) is 0 Å². The van der Waals surface area contributed by atoms with Crippen molar-refractivity contribution in [2.75, 3.05) is 13.6 Å². The predicted octanol–water partition coefficient (Wildman–Crippen LogP) is 2.82. The first kappa shape index (κ1) is 13.8. The van der Waals surface area contributed by atoms with E-state index in [0.717, 1.165) is 25.3 Å². The van der Waals surface area contributed by atoms with Gasteiger partial charge in [-0.3, -0.25) is 0 Å². The molecule has 19 heavy (non-hydrogen) atoms. The van der Waals surface area contributed by atoms with Crippen LogP contribution in [0.5, 0.6) is 0 Å². The minimum absolute atomic E-state index is 0.554. The molecule has 1 unspecified atom stereocenters. The van der Waals surface area contributed by atoms with Gasteiger partial charge in [0.05, 0.1) is 0 Å². The third-order valence-electron chi connectivity index (χ3n) is 3.53. The molecule has 0 bridgehead atoms. The largest absolute Gasteiger partial charge is 0.331 e. The Hall–Kier alpha value is -1.61. The SMILES string of the molecule is CCc1nccn1Cc1ccc(C(C)CNC)cc1. The van der Waals surface area contributed by atoms with Crippen molar-refractivity contribution in [3.8, 4) is 0 Å². The molecule has 0 amide bonds. The third-order valence-corrected chi connectivity index (χ3v) is 3.53. The number of nitrogens with one attached hydrogen (secondary N) is 1. The van der Waals surface area contributed by atoms with E-state index in [1.807, 2.05) is 13.2 Å². The van der Waals surface area contributed by atoms with Crippen LogP contribution >= 0.6 is 0 Å². The molecule has 1 atom stereocenters. The summed E-state index contributed by atoms with van der Waals surface area (Å²) in [5.74, 6) is 1.70. The second kappa shape index (κ2) is 6.53. The van der Waals surface area contributed by atoms with Crippen molar-refractivity contribution in [2.24, 2.45) is 0 Å². The molecule has 0 radical (unpaired) electrons. The van der Waals surface area contributed by atoms with Gasteiger partial charge in [-0.25, -0.2) is 4.98 Å². The smallest absolute Gasteiger partial charge is 0.108 e. The van der Waals surface area contributed by atoms with Crippen molar-refractivity contribution in [3.63, 3.8) is 0 Å². The average Bonchev–Trinajstić information content (AvgIpc) is 2.87. The Morgan fingerprint density at radius 3 is 2.63 bits per heavy atom. The van der Waals surface area contributed by atoms with Gasteiger partial charge >= 0.3 is 0 Å². The number of hydrogen-bond acceptors (Lipinski definition) is 2. The summed E-state index contributed by atoms with van der Waals surface area (Å²) in [6.07, 6.45) is 4.91. The van der Waals surface area contributed by atoms with Gasteiger partial charge in [0.2, 0.25) is 0 Å². The lowest BCUT2D eigenvalue weighted by molar-refractivity contribution is 0.676. The number of nitrogens with zero attached hydrogens (tertiary/aromatic N) is 2. The van der Waals surface area contributed by atoms with Crippen molar-refractivity contribution >= 4 is 0 Å². The van der Waals surface area contributed by atoms with Crippen LogP contribution in [0.3, 0.4) is 0 Å². The Morgan fingerprint density at radius 2 is 2.00 bits per heavy atom. The van der Waals surface area contributed by atoms with Gasteiger partial charge in [-0.05, 0) is 24.1 Å². The van der Waals surface area contributed by atoms with Crippen molar-refractivity contribution in [1.29, 1.82) is 0 Å². The van der Waals surface area contributed by atoms with E-state index in [4.69, 9.17) is 0 Å². The summed E-state index contributed by atoms with van der Waals surface area (Å²) < 4.78 is 2.21. The molecule has 0 spiro atoms. The number of benzene rings is 1. The predicted molar refractivity (Wildman–Crippen MR) is 79.5 cm³/mol. The fourth-order valence-corrected chi connectivity index (χ4v) is 2.37. The lowest BCUT2D eigenvalue weighted by atomic mass is 10.00. The zero-order valence-corrected chi connectivity index (χ0v) is 12.1. The molecule has 0 saturated heterocycles. The quantitative estimate of drug-likeness (QED) is 0.862. The third kappa shape index (κ3) is 3.44. The lowest BCUT2D eigenvalue weighted by Crippen LogP contribution is -2.14. The maximum Gasteiger partial charge on any atom is 0.108 e. The number of likely N-dealkylation sites (N-methyl/N-ethyl adjacent to an activating group) is 1. The molecule has 3 heteroatoms. The molecule has 0 aliphatic heterocycles. The molecule has 0 aliphatic rings. The highest BCUT2D eigenvalue weighted by atomic mass is 15.1. The zero-order valence-electron chi connectivity index (χ0n) is 12.1. The molecular weight excluding hydrogens is 234 g/mol. The summed E-state index contributed by atoms with van der Waals surface area (Å²) in [6, 6.07) is 8.92. The van der Waals surface area contributed by atoms with Crippen molar-refractivity contribution in [3.05, 3.63) is 53.6 Å². The molecule has 0 aliphatic carbocycles. The Bertz CT molecular complexity index is 499. The Morgan fingerprint density at radius 1 is 1.26 bits per heavy atom. The Balaban J connectivity index is 2.06. The van der Waals surface area contributed by atoms with E-state index in [9.17, 15) is 0 Å². The van der Waals surface area contributed by atoms with Gasteiger partial charge < -0.3 is 9.88 Å². The Labute approximate surface area is 115 Å². The van der Waals surface area contributed by atoms with Gasteiger partial charge in [-0.1, -0.05) is 38.1 Å². The molecule has 0 fully saturated rings. The van der Waals surface area contributed by atoms with E-state index < -0.39 is 0 Å². The van der Waals surface area contributed by atoms with Crippen LogP contribution in [0.4, 0.5) is 0 Å². The van der Waals surface area contributed by atoms with E-state index in [1.165, 1.54) is 11.1 Å². The maximum atomic E-state index is 4.36. The molecule has 0 saturated carbocycles. The van der Waals surface area contributed by atoms with E-state index >= 15 is 0 Å². The summed E-state index contributed by atoms with van der Waals surface area (Å²) in [5.41, 5.74) is 2.72. The molecule has 1 heterocycles. The molecule has 3 nitrogen and oxygen atoms in total. The second-order valence-corrected chi connectivity index (χ2v) is 5.03. The summed E-state index contributed by atoms with van der Waals surface area (Å²) in [5, 5.41) is 3.22. The number of rotatable bonds is 6. The van der Waals surface area contributed by atoms with Crippen LogP contribution in [0.2, 0.25) is 0 Å². The molecule has 1 aromatic heterocycles. The summed E-state index contributed by atoms with van der Waals surface area (Å²) in [7, 11) is 2.00. The van der Waals surface area contributed by atoms with Crippen LogP contribution in [-0.4, -0.2) is 23.1 Å². The highest BCUT2D eigenvalue weighted by Crippen LogP contribution is 2.16. The number of aryl methyl sites for hydroxylation is 1. The maximum absolute atomic E-state index is 4.36. The normalized spacial score (nSPS) is 12.6. The van der Waals surface area contributed by atoms with Crippen LogP contribution < -0.4 is 5.32 Å². The molecular formula is C16H23N3.